The molecule has 1 unspecified atom stereocenters. The maximum atomic E-state index is 11.3. The van der Waals surface area contributed by atoms with E-state index in [1.807, 2.05) is 0 Å². The molecule has 92 valence electrons. The molecule has 1 atom stereocenters. The van der Waals surface area contributed by atoms with Gasteiger partial charge in [0.25, 0.3) is 5.60 Å². The summed E-state index contributed by atoms with van der Waals surface area (Å²) in [5, 5.41) is 17.4. The molecular formula is C11H12O6. The Hall–Kier alpha value is -1.92. The Bertz CT molecular complexity index is 402. The highest BCUT2D eigenvalue weighted by Gasteiger charge is 2.49. The Balaban J connectivity index is 3.07. The highest BCUT2D eigenvalue weighted by atomic mass is 17.1. The minimum atomic E-state index is -2.24. The fraction of sp³-hybridized carbons (Fsp3) is 0.273. The van der Waals surface area contributed by atoms with E-state index in [-0.39, 0.29) is 6.42 Å². The number of aliphatic carboxylic acids is 1. The number of ether oxygens (including phenoxy) is 1. The summed E-state index contributed by atoms with van der Waals surface area (Å²) in [5.74, 6) is -2.89. The number of benzene rings is 1. The summed E-state index contributed by atoms with van der Waals surface area (Å²) < 4.78 is 4.72. The lowest BCUT2D eigenvalue weighted by molar-refractivity contribution is -0.253. The van der Waals surface area contributed by atoms with Crippen LogP contribution >= 0.6 is 0 Å². The van der Waals surface area contributed by atoms with Crippen LogP contribution in [0.2, 0.25) is 0 Å². The normalized spacial score (nSPS) is 13.8. The zero-order valence-electron chi connectivity index (χ0n) is 9.12. The lowest BCUT2D eigenvalue weighted by Gasteiger charge is -2.23. The molecule has 1 aromatic carbocycles. The molecule has 0 radical (unpaired) electrons. The van der Waals surface area contributed by atoms with Crippen molar-refractivity contribution in [1.82, 2.24) is 0 Å². The molecule has 1 rings (SSSR count). The van der Waals surface area contributed by atoms with Crippen LogP contribution in [0, 0.1) is 0 Å². The molecule has 0 heterocycles. The second-order valence-corrected chi connectivity index (χ2v) is 3.38. The molecule has 17 heavy (non-hydrogen) atoms. The van der Waals surface area contributed by atoms with E-state index in [1.165, 1.54) is 0 Å². The molecule has 0 aromatic heterocycles. The summed E-state index contributed by atoms with van der Waals surface area (Å²) in [6, 6.07) is 8.43. The summed E-state index contributed by atoms with van der Waals surface area (Å²) in [7, 11) is 1.06. The molecular weight excluding hydrogens is 228 g/mol. The lowest BCUT2D eigenvalue weighted by Crippen LogP contribution is -2.51. The van der Waals surface area contributed by atoms with Crippen molar-refractivity contribution in [3.63, 3.8) is 0 Å². The molecule has 0 saturated carbocycles. The molecule has 1 aromatic rings. The van der Waals surface area contributed by atoms with Gasteiger partial charge in [0.2, 0.25) is 0 Å². The van der Waals surface area contributed by atoms with Crippen LogP contribution in [0.1, 0.15) is 5.56 Å². The van der Waals surface area contributed by atoms with Crippen molar-refractivity contribution in [3.05, 3.63) is 35.9 Å². The van der Waals surface area contributed by atoms with Crippen molar-refractivity contribution in [2.45, 2.75) is 12.0 Å². The quantitative estimate of drug-likeness (QED) is 0.447. The van der Waals surface area contributed by atoms with Gasteiger partial charge < -0.3 is 9.84 Å². The highest BCUT2D eigenvalue weighted by molar-refractivity contribution is 6.02. The number of carbonyl (C=O) groups is 2. The predicted octanol–water partition coefficient (Wildman–Crippen LogP) is 0.715. The lowest BCUT2D eigenvalue weighted by atomic mass is 9.94. The number of carbonyl (C=O) groups excluding carboxylic acids is 1. The summed E-state index contributed by atoms with van der Waals surface area (Å²) >= 11 is 0. The third-order valence-corrected chi connectivity index (χ3v) is 2.40. The summed E-state index contributed by atoms with van der Waals surface area (Å²) in [6.07, 6.45) is -0.237. The van der Waals surface area contributed by atoms with Gasteiger partial charge in [0.15, 0.2) is 0 Å². The molecule has 2 N–H and O–H groups in total. The molecule has 0 saturated heterocycles. The van der Waals surface area contributed by atoms with E-state index in [2.05, 4.69) is 4.89 Å². The monoisotopic (exact) mass is 240 g/mol. The minimum Gasteiger partial charge on any atom is -0.479 e. The van der Waals surface area contributed by atoms with Crippen molar-refractivity contribution in [2.75, 3.05) is 7.11 Å². The first-order valence-corrected chi connectivity index (χ1v) is 4.75. The van der Waals surface area contributed by atoms with Crippen LogP contribution in [0.25, 0.3) is 0 Å². The van der Waals surface area contributed by atoms with E-state index in [0.717, 1.165) is 7.11 Å². The number of methoxy groups -OCH3 is 1. The fourth-order valence-electron chi connectivity index (χ4n) is 1.43. The van der Waals surface area contributed by atoms with Gasteiger partial charge in [-0.25, -0.2) is 9.59 Å². The van der Waals surface area contributed by atoms with Gasteiger partial charge in [-0.15, -0.1) is 0 Å². The fourth-order valence-corrected chi connectivity index (χ4v) is 1.43. The molecule has 0 aliphatic carbocycles. The van der Waals surface area contributed by atoms with Gasteiger partial charge in [-0.1, -0.05) is 30.3 Å². The van der Waals surface area contributed by atoms with Gasteiger partial charge >= 0.3 is 11.9 Å². The number of rotatable bonds is 5. The maximum absolute atomic E-state index is 11.3. The van der Waals surface area contributed by atoms with Gasteiger partial charge in [-0.3, -0.25) is 4.89 Å². The Morgan fingerprint density at radius 1 is 1.29 bits per heavy atom. The molecule has 0 aliphatic rings. The highest BCUT2D eigenvalue weighted by Crippen LogP contribution is 2.19. The zero-order valence-corrected chi connectivity index (χ0v) is 9.12. The smallest absolute Gasteiger partial charge is 0.385 e. The van der Waals surface area contributed by atoms with Crippen LogP contribution in [0.3, 0.4) is 0 Å². The Morgan fingerprint density at radius 2 is 1.88 bits per heavy atom. The molecule has 0 amide bonds. The van der Waals surface area contributed by atoms with Crippen LogP contribution in [0.15, 0.2) is 30.3 Å². The van der Waals surface area contributed by atoms with Crippen LogP contribution in [-0.2, 0) is 25.6 Å². The maximum Gasteiger partial charge on any atom is 0.385 e. The molecule has 0 bridgehead atoms. The molecule has 0 spiro atoms. The van der Waals surface area contributed by atoms with E-state index < -0.39 is 17.5 Å². The van der Waals surface area contributed by atoms with E-state index in [0.29, 0.717) is 5.56 Å². The van der Waals surface area contributed by atoms with E-state index >= 15 is 0 Å². The average Bonchev–Trinajstić information content (AvgIpc) is 2.36. The number of hydrogen-bond acceptors (Lipinski definition) is 5. The van der Waals surface area contributed by atoms with E-state index in [4.69, 9.17) is 15.1 Å². The van der Waals surface area contributed by atoms with Crippen molar-refractivity contribution in [3.8, 4) is 0 Å². The van der Waals surface area contributed by atoms with Crippen molar-refractivity contribution in [1.29, 1.82) is 0 Å². The van der Waals surface area contributed by atoms with E-state index in [1.54, 1.807) is 30.3 Å². The number of carboxylic acids is 1. The van der Waals surface area contributed by atoms with Gasteiger partial charge in [-0.2, -0.15) is 5.26 Å². The van der Waals surface area contributed by atoms with Gasteiger partial charge in [0.1, 0.15) is 0 Å². The predicted molar refractivity (Wildman–Crippen MR) is 56.2 cm³/mol. The average molecular weight is 240 g/mol. The zero-order chi connectivity index (χ0) is 12.9. The van der Waals surface area contributed by atoms with Crippen molar-refractivity contribution >= 4 is 11.9 Å². The van der Waals surface area contributed by atoms with E-state index in [9.17, 15) is 9.59 Å². The Kier molecular flexibility index (Phi) is 4.19. The molecule has 0 aliphatic heterocycles. The SMILES string of the molecule is COC(Cc1ccccc1)(C(=O)O)C(=O)OO. The van der Waals surface area contributed by atoms with Crippen LogP contribution in [0.4, 0.5) is 0 Å². The third-order valence-electron chi connectivity index (χ3n) is 2.40. The third kappa shape index (κ3) is 2.61. The second-order valence-electron chi connectivity index (χ2n) is 3.38. The topological polar surface area (TPSA) is 93.1 Å². The van der Waals surface area contributed by atoms with Crippen molar-refractivity contribution < 1.29 is 29.6 Å². The van der Waals surface area contributed by atoms with Crippen LogP contribution in [-0.4, -0.2) is 35.0 Å². The second kappa shape index (κ2) is 5.42. The summed E-state index contributed by atoms with van der Waals surface area (Å²) in [6.45, 7) is 0. The first kappa shape index (κ1) is 13.1. The molecule has 6 nitrogen and oxygen atoms in total. The first-order chi connectivity index (χ1) is 8.06. The standard InChI is InChI=1S/C11H12O6/c1-16-11(9(12)13,10(14)17-15)7-8-5-3-2-4-6-8/h2-6,15H,7H2,1H3,(H,12,13). The number of carboxylic acid groups (broad SMARTS) is 1. The Labute approximate surface area is 97.3 Å². The first-order valence-electron chi connectivity index (χ1n) is 4.75. The molecule has 6 heteroatoms. The summed E-state index contributed by atoms with van der Waals surface area (Å²) in [4.78, 5) is 25.9. The van der Waals surface area contributed by atoms with Crippen LogP contribution < -0.4 is 0 Å². The largest absolute Gasteiger partial charge is 0.479 e. The molecule has 0 fully saturated rings. The van der Waals surface area contributed by atoms with Gasteiger partial charge in [0.05, 0.1) is 0 Å². The van der Waals surface area contributed by atoms with Gasteiger partial charge in [0, 0.05) is 13.5 Å². The Morgan fingerprint density at radius 3 is 2.29 bits per heavy atom. The summed E-state index contributed by atoms with van der Waals surface area (Å²) in [5.41, 5.74) is -1.67. The number of hydrogen-bond donors (Lipinski definition) is 2. The van der Waals surface area contributed by atoms with Crippen LogP contribution in [0.5, 0.6) is 0 Å². The minimum absolute atomic E-state index is 0.237. The van der Waals surface area contributed by atoms with Gasteiger partial charge in [-0.05, 0) is 5.56 Å². The van der Waals surface area contributed by atoms with Crippen molar-refractivity contribution in [2.24, 2.45) is 0 Å².